The summed E-state index contributed by atoms with van der Waals surface area (Å²) in [6.07, 6.45) is -0.110. The summed E-state index contributed by atoms with van der Waals surface area (Å²) in [5.41, 5.74) is -0.727. The molecule has 3 aromatic heterocycles. The lowest BCUT2D eigenvalue weighted by Crippen LogP contribution is -2.40. The van der Waals surface area contributed by atoms with Crippen LogP contribution in [0, 0.1) is 0 Å². The monoisotopic (exact) mass is 546 g/mol. The van der Waals surface area contributed by atoms with Gasteiger partial charge in [-0.1, -0.05) is 26.0 Å². The number of carbonyl (C=O) groups is 1. The lowest BCUT2D eigenvalue weighted by atomic mass is 10.1. The number of imidazole rings is 1. The third kappa shape index (κ3) is 5.66. The number of carbonyl (C=O) groups excluding carboxylic acids is 1. The predicted octanol–water partition coefficient (Wildman–Crippen LogP) is 4.02. The van der Waals surface area contributed by atoms with Gasteiger partial charge in [0, 0.05) is 25.7 Å². The molecule has 0 aliphatic carbocycles. The average Bonchev–Trinajstić information content (AvgIpc) is 3.50. The van der Waals surface area contributed by atoms with Crippen molar-refractivity contribution in [2.45, 2.75) is 72.6 Å². The molecule has 0 N–H and O–H groups in total. The summed E-state index contributed by atoms with van der Waals surface area (Å²) in [5.74, 6) is -0.222. The van der Waals surface area contributed by atoms with Gasteiger partial charge in [0.15, 0.2) is 17.9 Å². The molecule has 0 radical (unpaired) electrons. The number of hydrogen-bond acceptors (Lipinski definition) is 6. The minimum absolute atomic E-state index is 0.0542. The highest BCUT2D eigenvalue weighted by Crippen LogP contribution is 2.30. The molecule has 13 heteroatoms. The number of rotatable bonds is 10. The second-order valence-electron chi connectivity index (χ2n) is 9.04. The number of esters is 1. The zero-order chi connectivity index (χ0) is 28.3. The fourth-order valence-electron chi connectivity index (χ4n) is 4.35. The number of nitrogens with zero attached hydrogens (tertiary/aromatic N) is 6. The first-order chi connectivity index (χ1) is 18.6. The summed E-state index contributed by atoms with van der Waals surface area (Å²) in [5, 5.41) is 4.27. The zero-order valence-electron chi connectivity index (χ0n) is 21.9. The van der Waals surface area contributed by atoms with Crippen LogP contribution < -0.4 is 11.2 Å². The molecule has 4 rings (SSSR count). The molecular formula is C26H29F3N6O4. The maximum Gasteiger partial charge on any atom is 0.416 e. The molecule has 0 amide bonds. The van der Waals surface area contributed by atoms with Crippen LogP contribution in [0.25, 0.3) is 22.6 Å². The van der Waals surface area contributed by atoms with E-state index >= 15 is 0 Å². The van der Waals surface area contributed by atoms with Gasteiger partial charge in [-0.05, 0) is 37.5 Å². The Bertz CT molecular complexity index is 1610. The Morgan fingerprint density at radius 1 is 1.05 bits per heavy atom. The van der Waals surface area contributed by atoms with Gasteiger partial charge < -0.3 is 4.74 Å². The summed E-state index contributed by atoms with van der Waals surface area (Å²) in [6, 6.07) is 4.95. The first kappa shape index (κ1) is 27.9. The largest absolute Gasteiger partial charge is 0.444 e. The van der Waals surface area contributed by atoms with Crippen molar-refractivity contribution in [1.82, 2.24) is 28.5 Å². The van der Waals surface area contributed by atoms with Crippen LogP contribution in [-0.2, 0) is 42.1 Å². The molecule has 0 unspecified atom stereocenters. The smallest absolute Gasteiger partial charge is 0.416 e. The lowest BCUT2D eigenvalue weighted by Gasteiger charge is -2.11. The first-order valence-electron chi connectivity index (χ1n) is 12.7. The molecule has 39 heavy (non-hydrogen) atoms. The van der Waals surface area contributed by atoms with Crippen molar-refractivity contribution in [2.24, 2.45) is 0 Å². The van der Waals surface area contributed by atoms with Crippen molar-refractivity contribution in [1.29, 1.82) is 0 Å². The van der Waals surface area contributed by atoms with E-state index < -0.39 is 29.0 Å². The minimum atomic E-state index is -4.47. The zero-order valence-corrected chi connectivity index (χ0v) is 21.9. The Morgan fingerprint density at radius 2 is 1.82 bits per heavy atom. The summed E-state index contributed by atoms with van der Waals surface area (Å²) < 4.78 is 50.2. The van der Waals surface area contributed by atoms with Crippen LogP contribution in [-0.4, -0.2) is 34.4 Å². The molecule has 208 valence electrons. The minimum Gasteiger partial charge on any atom is -0.444 e. The van der Waals surface area contributed by atoms with Gasteiger partial charge in [-0.15, -0.1) is 0 Å². The summed E-state index contributed by atoms with van der Waals surface area (Å²) in [4.78, 5) is 43.2. The fraction of sp³-hybridized carbons (Fsp3) is 0.423. The van der Waals surface area contributed by atoms with E-state index in [4.69, 9.17) is 4.74 Å². The maximum atomic E-state index is 13.4. The number of aryl methyl sites for hydroxylation is 1. The highest BCUT2D eigenvalue weighted by molar-refractivity contribution is 5.77. The SMILES string of the molecule is CCCC(=O)OCn1c(-c2cnn(Cc3cccc(C(F)(F)F)c3)c2)nc2c1c(=O)n(CCC)c(=O)n2CC. The van der Waals surface area contributed by atoms with Gasteiger partial charge in [-0.25, -0.2) is 9.78 Å². The third-order valence-corrected chi connectivity index (χ3v) is 6.18. The van der Waals surface area contributed by atoms with Crippen molar-refractivity contribution >= 4 is 17.1 Å². The van der Waals surface area contributed by atoms with Crippen molar-refractivity contribution in [3.8, 4) is 11.4 Å². The number of benzene rings is 1. The van der Waals surface area contributed by atoms with Crippen LogP contribution in [0.3, 0.4) is 0 Å². The first-order valence-corrected chi connectivity index (χ1v) is 12.7. The van der Waals surface area contributed by atoms with Gasteiger partial charge in [0.1, 0.15) is 5.82 Å². The van der Waals surface area contributed by atoms with Crippen LogP contribution in [0.2, 0.25) is 0 Å². The van der Waals surface area contributed by atoms with E-state index in [2.05, 4.69) is 10.1 Å². The third-order valence-electron chi connectivity index (χ3n) is 6.18. The summed E-state index contributed by atoms with van der Waals surface area (Å²) >= 11 is 0. The van der Waals surface area contributed by atoms with E-state index in [1.54, 1.807) is 19.2 Å². The molecule has 0 spiro atoms. The second-order valence-corrected chi connectivity index (χ2v) is 9.04. The molecule has 0 aliphatic heterocycles. The van der Waals surface area contributed by atoms with Crippen LogP contribution in [0.5, 0.6) is 0 Å². The van der Waals surface area contributed by atoms with E-state index in [1.807, 2.05) is 13.8 Å². The van der Waals surface area contributed by atoms with E-state index in [0.717, 1.165) is 16.7 Å². The summed E-state index contributed by atoms with van der Waals surface area (Å²) in [7, 11) is 0. The van der Waals surface area contributed by atoms with Gasteiger partial charge in [-0.2, -0.15) is 18.3 Å². The predicted molar refractivity (Wildman–Crippen MR) is 137 cm³/mol. The number of halogens is 3. The molecule has 1 aromatic carbocycles. The van der Waals surface area contributed by atoms with Gasteiger partial charge in [0.05, 0.1) is 23.9 Å². The molecule has 4 aromatic rings. The molecule has 0 bridgehead atoms. The highest BCUT2D eigenvalue weighted by atomic mass is 19.4. The Morgan fingerprint density at radius 3 is 2.49 bits per heavy atom. The van der Waals surface area contributed by atoms with E-state index in [0.29, 0.717) is 24.0 Å². The van der Waals surface area contributed by atoms with Gasteiger partial charge in [0.25, 0.3) is 5.56 Å². The quantitative estimate of drug-likeness (QED) is 0.278. The molecule has 3 heterocycles. The van der Waals surface area contributed by atoms with Gasteiger partial charge >= 0.3 is 17.8 Å². The molecule has 0 aliphatic rings. The average molecular weight is 547 g/mol. The molecule has 0 saturated carbocycles. The molecular weight excluding hydrogens is 517 g/mol. The van der Waals surface area contributed by atoms with Crippen LogP contribution in [0.4, 0.5) is 13.2 Å². The van der Waals surface area contributed by atoms with Gasteiger partial charge in [-0.3, -0.25) is 28.0 Å². The topological polar surface area (TPSA) is 106 Å². The number of fused-ring (bicyclic) bond motifs is 1. The van der Waals surface area contributed by atoms with Crippen LogP contribution in [0.15, 0.2) is 46.2 Å². The van der Waals surface area contributed by atoms with E-state index in [9.17, 15) is 27.6 Å². The second kappa shape index (κ2) is 11.3. The van der Waals surface area contributed by atoms with Crippen molar-refractivity contribution in [3.05, 3.63) is 68.6 Å². The normalized spacial score (nSPS) is 11.8. The highest BCUT2D eigenvalue weighted by Gasteiger charge is 2.30. The Hall–Kier alpha value is -4.16. The summed E-state index contributed by atoms with van der Waals surface area (Å²) in [6.45, 7) is 5.64. The number of ether oxygens (including phenoxy) is 1. The van der Waals surface area contributed by atoms with Gasteiger partial charge in [0.2, 0.25) is 0 Å². The van der Waals surface area contributed by atoms with E-state index in [1.165, 1.54) is 26.1 Å². The molecule has 0 fully saturated rings. The fourth-order valence-corrected chi connectivity index (χ4v) is 4.35. The van der Waals surface area contributed by atoms with Crippen molar-refractivity contribution in [2.75, 3.05) is 0 Å². The number of aromatic nitrogens is 6. The van der Waals surface area contributed by atoms with Crippen molar-refractivity contribution in [3.63, 3.8) is 0 Å². The lowest BCUT2D eigenvalue weighted by molar-refractivity contribution is -0.147. The standard InChI is InChI=1S/C26H29F3N6O4/c1-4-8-20(36)39-16-35-21-23(33(6-3)25(38)34(11-5-2)24(21)37)31-22(35)18-13-30-32(15-18)14-17-9-7-10-19(12-17)26(27,28)29/h7,9-10,12-13,15H,4-6,8,11,14,16H2,1-3H3. The van der Waals surface area contributed by atoms with Crippen LogP contribution >= 0.6 is 0 Å². The Balaban J connectivity index is 1.82. The Labute approximate surface area is 221 Å². The van der Waals surface area contributed by atoms with E-state index in [-0.39, 0.29) is 49.8 Å². The molecule has 10 nitrogen and oxygen atoms in total. The maximum absolute atomic E-state index is 13.4. The van der Waals surface area contributed by atoms with Crippen LogP contribution in [0.1, 0.15) is 51.2 Å². The number of alkyl halides is 3. The Kier molecular flexibility index (Phi) is 8.07. The van der Waals surface area contributed by atoms with Crippen molar-refractivity contribution < 1.29 is 22.7 Å². The number of hydrogen-bond donors (Lipinski definition) is 0. The molecule has 0 saturated heterocycles. The molecule has 0 atom stereocenters.